The summed E-state index contributed by atoms with van der Waals surface area (Å²) in [5, 5.41) is 16.8. The number of phenolic OH excluding ortho intramolecular Hbond substituents is 1. The van der Waals surface area contributed by atoms with Crippen LogP contribution < -0.4 is 10.7 Å². The molecule has 5 heterocycles. The second-order valence-electron chi connectivity index (χ2n) is 20.6. The molecular weight excluding hydrogens is 863 g/mol. The Balaban J connectivity index is 1.18. The van der Waals surface area contributed by atoms with Crippen molar-refractivity contribution in [2.75, 3.05) is 33.9 Å². The number of pyridine rings is 1. The number of fused-ring (bicyclic) bond motifs is 6. The van der Waals surface area contributed by atoms with Crippen LogP contribution in [0, 0.1) is 23.2 Å². The predicted molar refractivity (Wildman–Crippen MR) is 259 cm³/mol. The maximum Gasteiger partial charge on any atom is 0.324 e. The number of cyclic esters (lactones) is 1. The molecule has 0 spiro atoms. The number of likely N-dealkylation sites (N-methyl/N-ethyl adjacent to an activating group) is 1. The summed E-state index contributed by atoms with van der Waals surface area (Å²) < 4.78 is 14.2. The standard InChI is InChI=1S/C53H69N7O8/c1-10-58-44-18-17-35-27-40(44)41(47(58)39-13-11-20-54-45(39)32(5)67-9)28-53(6,7)29-68-52(66)42-14-12-21-60(56-42)51(65)43(25-33-23-36(35)26-37(61)24-33)55-48(62)46(30(2)3)57(8)50(64)38-19-22-59(31(38)4)49(63)34-15-16-34/h11,13,17-18,20,23-24,26-27,30-32,34,38,42-43,46,56,61H,10,12,14-16,19,21-22,25,28-29H2,1-9H3,(H,55,62)/t31-,32+,38-,42+,43+,46?/m1/s1. The lowest BCUT2D eigenvalue weighted by Gasteiger charge is -2.37. The molecule has 364 valence electrons. The minimum absolute atomic E-state index is 0.000842. The molecule has 3 N–H and O–H groups in total. The summed E-state index contributed by atoms with van der Waals surface area (Å²) in [6, 6.07) is 12.3. The van der Waals surface area contributed by atoms with Crippen LogP contribution in [0.25, 0.3) is 33.3 Å². The molecule has 2 aromatic heterocycles. The van der Waals surface area contributed by atoms with Gasteiger partial charge in [0.15, 0.2) is 0 Å². The van der Waals surface area contributed by atoms with Gasteiger partial charge in [0.1, 0.15) is 23.9 Å². The van der Waals surface area contributed by atoms with Crippen LogP contribution in [0.15, 0.2) is 54.7 Å². The lowest BCUT2D eigenvalue weighted by Crippen LogP contribution is -2.62. The number of methoxy groups -OCH3 is 1. The zero-order valence-electron chi connectivity index (χ0n) is 41.1. The predicted octanol–water partition coefficient (Wildman–Crippen LogP) is 6.58. The average Bonchev–Trinajstić information content (AvgIpc) is 4.04. The SMILES string of the molecule is CCn1c(-c2cccnc2[C@H](C)OC)c2c3cc(ccc31)-c1cc(O)cc(c1)C[C@H](NC(=O)C(C(C)C)N(C)C(=O)[C@@H]1CCN(C(=O)C3CC3)[C@@H]1C)C(=O)N1CCC[C@H](N1)C(=O)OCC(C)(C)C2. The zero-order valence-corrected chi connectivity index (χ0v) is 41.1. The first-order chi connectivity index (χ1) is 32.4. The molecule has 1 saturated carbocycles. The fourth-order valence-electron chi connectivity index (χ4n) is 10.8. The van der Waals surface area contributed by atoms with E-state index in [1.807, 2.05) is 50.8 Å². The van der Waals surface area contributed by atoms with E-state index in [2.05, 4.69) is 54.3 Å². The number of aromatic nitrogens is 2. The summed E-state index contributed by atoms with van der Waals surface area (Å²) >= 11 is 0. The lowest BCUT2D eigenvalue weighted by atomic mass is 9.84. The summed E-state index contributed by atoms with van der Waals surface area (Å²) in [4.78, 5) is 78.8. The van der Waals surface area contributed by atoms with Crippen LogP contribution in [0.1, 0.15) is 103 Å². The molecule has 1 aliphatic carbocycles. The highest BCUT2D eigenvalue weighted by molar-refractivity contribution is 5.96. The minimum atomic E-state index is -1.16. The third kappa shape index (κ3) is 9.74. The second-order valence-corrected chi connectivity index (χ2v) is 20.6. The maximum atomic E-state index is 14.8. The van der Waals surface area contributed by atoms with Crippen molar-refractivity contribution >= 4 is 40.5 Å². The third-order valence-corrected chi connectivity index (χ3v) is 14.6. The van der Waals surface area contributed by atoms with E-state index < -0.39 is 47.2 Å². The molecule has 2 aromatic carbocycles. The van der Waals surface area contributed by atoms with Gasteiger partial charge in [0.2, 0.25) is 17.7 Å². The van der Waals surface area contributed by atoms with Crippen LogP contribution in [0.3, 0.4) is 0 Å². The number of hydrogen-bond acceptors (Lipinski definition) is 10. The molecule has 6 bridgehead atoms. The number of ether oxygens (including phenoxy) is 2. The van der Waals surface area contributed by atoms with Gasteiger partial charge >= 0.3 is 5.97 Å². The molecule has 1 unspecified atom stereocenters. The number of nitrogens with one attached hydrogen (secondary N) is 2. The number of carbonyl (C=O) groups excluding carboxylic acids is 5. The first-order valence-electron chi connectivity index (χ1n) is 24.5. The average molecular weight is 932 g/mol. The Hall–Kier alpha value is -5.80. The quantitative estimate of drug-likeness (QED) is 0.147. The van der Waals surface area contributed by atoms with E-state index >= 15 is 0 Å². The topological polar surface area (TPSA) is 176 Å². The Morgan fingerprint density at radius 2 is 1.79 bits per heavy atom. The van der Waals surface area contributed by atoms with Gasteiger partial charge in [-0.3, -0.25) is 34.0 Å². The molecular formula is C53H69N7O8. The summed E-state index contributed by atoms with van der Waals surface area (Å²) in [6.45, 7) is 15.4. The van der Waals surface area contributed by atoms with E-state index in [9.17, 15) is 29.1 Å². The number of hydrazine groups is 1. The first kappa shape index (κ1) is 48.6. The second kappa shape index (κ2) is 19.7. The summed E-state index contributed by atoms with van der Waals surface area (Å²) in [5.41, 5.74) is 9.60. The van der Waals surface area contributed by atoms with Crippen molar-refractivity contribution in [1.29, 1.82) is 0 Å². The Labute approximate surface area is 399 Å². The molecule has 15 heteroatoms. The smallest absolute Gasteiger partial charge is 0.324 e. The van der Waals surface area contributed by atoms with Gasteiger partial charge in [-0.1, -0.05) is 39.8 Å². The highest BCUT2D eigenvalue weighted by Crippen LogP contribution is 2.42. The van der Waals surface area contributed by atoms with E-state index in [0.717, 1.165) is 57.4 Å². The zero-order chi connectivity index (χ0) is 48.8. The Morgan fingerprint density at radius 3 is 2.50 bits per heavy atom. The number of rotatable bonds is 10. The third-order valence-electron chi connectivity index (χ3n) is 14.6. The largest absolute Gasteiger partial charge is 0.508 e. The fourth-order valence-corrected chi connectivity index (χ4v) is 10.8. The molecule has 3 aliphatic heterocycles. The Bertz CT molecular complexity index is 2580. The van der Waals surface area contributed by atoms with E-state index in [0.29, 0.717) is 44.3 Å². The summed E-state index contributed by atoms with van der Waals surface area (Å²) in [6.07, 6.45) is 5.27. The molecule has 8 rings (SSSR count). The van der Waals surface area contributed by atoms with Crippen LogP contribution in [0.5, 0.6) is 5.75 Å². The van der Waals surface area contributed by atoms with Gasteiger partial charge in [-0.15, -0.1) is 0 Å². The van der Waals surface area contributed by atoms with Crippen LogP contribution >= 0.6 is 0 Å². The van der Waals surface area contributed by atoms with Gasteiger partial charge in [-0.25, -0.2) is 5.43 Å². The number of carbonyl (C=O) groups is 5. The van der Waals surface area contributed by atoms with Crippen LogP contribution in [0.4, 0.5) is 0 Å². The minimum Gasteiger partial charge on any atom is -0.508 e. The molecule has 2 saturated heterocycles. The van der Waals surface area contributed by atoms with Crippen molar-refractivity contribution in [3.8, 4) is 28.1 Å². The normalized spacial score (nSPS) is 23.0. The van der Waals surface area contributed by atoms with E-state index in [1.54, 1.807) is 32.5 Å². The van der Waals surface area contributed by atoms with Gasteiger partial charge in [0.25, 0.3) is 5.91 Å². The maximum absolute atomic E-state index is 14.8. The molecule has 3 fully saturated rings. The highest BCUT2D eigenvalue weighted by Gasteiger charge is 2.46. The lowest BCUT2D eigenvalue weighted by molar-refractivity contribution is -0.155. The number of benzene rings is 2. The molecule has 15 nitrogen and oxygen atoms in total. The van der Waals surface area contributed by atoms with Gasteiger partial charge in [0.05, 0.1) is 30.0 Å². The van der Waals surface area contributed by atoms with Gasteiger partial charge in [-0.05, 0) is 124 Å². The van der Waals surface area contributed by atoms with Crippen molar-refractivity contribution in [2.45, 2.75) is 130 Å². The van der Waals surface area contributed by atoms with E-state index in [4.69, 9.17) is 14.5 Å². The molecule has 4 aliphatic rings. The monoisotopic (exact) mass is 932 g/mol. The number of aryl methyl sites for hydroxylation is 1. The molecule has 6 atom stereocenters. The Morgan fingerprint density at radius 1 is 1.03 bits per heavy atom. The fraction of sp³-hybridized carbons (Fsp3) is 0.547. The van der Waals surface area contributed by atoms with Crippen molar-refractivity contribution in [3.05, 3.63) is 71.5 Å². The summed E-state index contributed by atoms with van der Waals surface area (Å²) in [7, 11) is 3.30. The van der Waals surface area contributed by atoms with Crippen LogP contribution in [-0.4, -0.2) is 117 Å². The number of esters is 1. The van der Waals surface area contributed by atoms with Crippen molar-refractivity contribution < 1.29 is 38.6 Å². The molecule has 4 amide bonds. The van der Waals surface area contributed by atoms with Gasteiger partial charge in [0, 0.05) is 80.3 Å². The highest BCUT2D eigenvalue weighted by atomic mass is 16.5. The van der Waals surface area contributed by atoms with Gasteiger partial charge in [-0.2, -0.15) is 0 Å². The number of amides is 4. The van der Waals surface area contributed by atoms with Crippen molar-refractivity contribution in [3.63, 3.8) is 0 Å². The van der Waals surface area contributed by atoms with Crippen molar-refractivity contribution in [1.82, 2.24) is 35.1 Å². The molecule has 4 aromatic rings. The molecule has 0 radical (unpaired) electrons. The Kier molecular flexibility index (Phi) is 14.1. The van der Waals surface area contributed by atoms with Crippen LogP contribution in [0.2, 0.25) is 0 Å². The van der Waals surface area contributed by atoms with Crippen molar-refractivity contribution in [2.24, 2.45) is 23.2 Å². The van der Waals surface area contributed by atoms with Gasteiger partial charge < -0.3 is 34.3 Å². The van der Waals surface area contributed by atoms with E-state index in [-0.39, 0.29) is 61.1 Å². The van der Waals surface area contributed by atoms with Crippen LogP contribution in [-0.2, 0) is 52.8 Å². The number of likely N-dealkylation sites (tertiary alicyclic amines) is 1. The number of phenols is 1. The number of hydrogen-bond donors (Lipinski definition) is 3. The summed E-state index contributed by atoms with van der Waals surface area (Å²) in [5.74, 6) is -2.33. The first-order valence-corrected chi connectivity index (χ1v) is 24.5. The number of nitrogens with zero attached hydrogens (tertiary/aromatic N) is 5. The molecule has 68 heavy (non-hydrogen) atoms. The number of aromatic hydroxyl groups is 1. The van der Waals surface area contributed by atoms with E-state index in [1.165, 1.54) is 9.91 Å².